The Labute approximate surface area is 185 Å². The van der Waals surface area contributed by atoms with Crippen molar-refractivity contribution in [3.63, 3.8) is 0 Å². The monoisotopic (exact) mass is 486 g/mol. The van der Waals surface area contributed by atoms with Crippen LogP contribution in [-0.4, -0.2) is 76.4 Å². The molecule has 2 atom stereocenters. The van der Waals surface area contributed by atoms with Crippen LogP contribution in [0.1, 0.15) is 18.1 Å². The van der Waals surface area contributed by atoms with Gasteiger partial charge in [0.15, 0.2) is 20.8 Å². The fourth-order valence-electron chi connectivity index (χ4n) is 2.40. The van der Waals surface area contributed by atoms with E-state index in [-0.39, 0.29) is 17.1 Å². The van der Waals surface area contributed by atoms with Crippen LogP contribution in [0.5, 0.6) is 0 Å². The number of alkyl halides is 3. The van der Waals surface area contributed by atoms with Crippen molar-refractivity contribution in [3.05, 3.63) is 29.8 Å². The molecule has 0 aliphatic heterocycles. The van der Waals surface area contributed by atoms with Crippen LogP contribution in [0, 0.1) is 0 Å². The highest BCUT2D eigenvalue weighted by Crippen LogP contribution is 2.25. The molecule has 0 heterocycles. The first-order valence-electron chi connectivity index (χ1n) is 8.88. The first-order valence-corrected chi connectivity index (χ1v) is 11.6. The number of hydrogen-bond acceptors (Lipinski definition) is 7. The maximum Gasteiger partial charge on any atom is 0.508 e. The number of carbonyl (C=O) groups is 2. The molecule has 0 fully saturated rings. The molecule has 8 nitrogen and oxygen atoms in total. The molecule has 12 heteroatoms. The van der Waals surface area contributed by atoms with Gasteiger partial charge in [-0.1, -0.05) is 35.3 Å². The van der Waals surface area contributed by atoms with Crippen LogP contribution in [0.15, 0.2) is 29.2 Å². The van der Waals surface area contributed by atoms with Gasteiger partial charge in [0.1, 0.15) is 6.67 Å². The predicted molar refractivity (Wildman–Crippen MR) is 111 cm³/mol. The number of rotatable bonds is 11. The standard InChI is InChI=1S/C18H25Cl2FN2O6S/c1-23(2)9-4-10-28-18(25)29-15(14(11-21)22-17(24)16(19)20)12-5-7-13(8-6-12)30(3,26)27/h5-8,14-16H,4,9-11H2,1-3H3,(H,22,24)/t14-,15-/m1/s1. The van der Waals surface area contributed by atoms with E-state index in [9.17, 15) is 22.4 Å². The summed E-state index contributed by atoms with van der Waals surface area (Å²) < 4.78 is 47.2. The molecule has 0 aliphatic rings. The summed E-state index contributed by atoms with van der Waals surface area (Å²) in [5.74, 6) is -0.873. The second kappa shape index (κ2) is 12.3. The van der Waals surface area contributed by atoms with E-state index in [1.807, 2.05) is 19.0 Å². The van der Waals surface area contributed by atoms with Crippen molar-refractivity contribution in [1.82, 2.24) is 10.2 Å². The maximum absolute atomic E-state index is 13.7. The predicted octanol–water partition coefficient (Wildman–Crippen LogP) is 2.49. The second-order valence-electron chi connectivity index (χ2n) is 6.71. The van der Waals surface area contributed by atoms with Crippen LogP contribution in [-0.2, 0) is 24.1 Å². The molecule has 1 N–H and O–H groups in total. The van der Waals surface area contributed by atoms with Gasteiger partial charge < -0.3 is 19.7 Å². The van der Waals surface area contributed by atoms with E-state index in [1.165, 1.54) is 24.3 Å². The lowest BCUT2D eigenvalue weighted by Crippen LogP contribution is -2.44. The molecule has 0 aromatic heterocycles. The SMILES string of the molecule is CN(C)CCCOC(=O)O[C@H](c1ccc(S(C)(=O)=O)cc1)[C@@H](CF)NC(=O)C(Cl)Cl. The van der Waals surface area contributed by atoms with Crippen molar-refractivity contribution >= 4 is 45.1 Å². The number of hydrogen-bond donors (Lipinski definition) is 1. The summed E-state index contributed by atoms with van der Waals surface area (Å²) >= 11 is 11.0. The van der Waals surface area contributed by atoms with Crippen LogP contribution in [0.2, 0.25) is 0 Å². The highest BCUT2D eigenvalue weighted by molar-refractivity contribution is 7.90. The summed E-state index contributed by atoms with van der Waals surface area (Å²) in [6, 6.07) is 3.96. The number of ether oxygens (including phenoxy) is 2. The normalized spacial score (nSPS) is 13.7. The van der Waals surface area contributed by atoms with E-state index in [2.05, 4.69) is 5.32 Å². The third-order valence-corrected chi connectivity index (χ3v) is 5.41. The van der Waals surface area contributed by atoms with Crippen LogP contribution in [0.4, 0.5) is 9.18 Å². The van der Waals surface area contributed by atoms with Crippen molar-refractivity contribution < 1.29 is 31.9 Å². The topological polar surface area (TPSA) is 102 Å². The molecule has 0 bridgehead atoms. The molecule has 0 spiro atoms. The zero-order valence-corrected chi connectivity index (χ0v) is 19.1. The Morgan fingerprint density at radius 2 is 1.80 bits per heavy atom. The van der Waals surface area contributed by atoms with Crippen LogP contribution in [0.3, 0.4) is 0 Å². The fraction of sp³-hybridized carbons (Fsp3) is 0.556. The Morgan fingerprint density at radius 1 is 1.20 bits per heavy atom. The number of carbonyl (C=O) groups excluding carboxylic acids is 2. The molecule has 170 valence electrons. The Hall–Kier alpha value is -1.62. The Bertz CT molecular complexity index is 805. The number of nitrogens with one attached hydrogen (secondary N) is 1. The second-order valence-corrected chi connectivity index (χ2v) is 9.82. The Morgan fingerprint density at radius 3 is 2.27 bits per heavy atom. The average Bonchev–Trinajstić information content (AvgIpc) is 2.66. The number of halogens is 3. The van der Waals surface area contributed by atoms with Crippen molar-refractivity contribution in [2.75, 3.05) is 40.2 Å². The zero-order chi connectivity index (χ0) is 22.9. The van der Waals surface area contributed by atoms with Gasteiger partial charge in [0, 0.05) is 12.8 Å². The van der Waals surface area contributed by atoms with Gasteiger partial charge >= 0.3 is 6.16 Å². The number of nitrogens with zero attached hydrogens (tertiary/aromatic N) is 1. The molecule has 0 radical (unpaired) electrons. The van der Waals surface area contributed by atoms with E-state index in [4.69, 9.17) is 32.7 Å². The fourth-order valence-corrected chi connectivity index (χ4v) is 3.16. The molecule has 30 heavy (non-hydrogen) atoms. The summed E-state index contributed by atoms with van der Waals surface area (Å²) in [5, 5.41) is 2.26. The zero-order valence-electron chi connectivity index (χ0n) is 16.8. The molecular weight excluding hydrogens is 462 g/mol. The van der Waals surface area contributed by atoms with Crippen LogP contribution >= 0.6 is 23.2 Å². The van der Waals surface area contributed by atoms with E-state index in [1.54, 1.807) is 0 Å². The van der Waals surface area contributed by atoms with Gasteiger partial charge in [-0.3, -0.25) is 4.79 Å². The largest absolute Gasteiger partial charge is 0.508 e. The van der Waals surface area contributed by atoms with E-state index < -0.39 is 45.6 Å². The van der Waals surface area contributed by atoms with Gasteiger partial charge in [-0.05, 0) is 38.2 Å². The molecule has 0 aliphatic carbocycles. The van der Waals surface area contributed by atoms with Crippen molar-refractivity contribution in [2.24, 2.45) is 0 Å². The lowest BCUT2D eigenvalue weighted by atomic mass is 10.0. The van der Waals surface area contributed by atoms with Crippen LogP contribution < -0.4 is 5.32 Å². The Balaban J connectivity index is 3.03. The van der Waals surface area contributed by atoms with Gasteiger partial charge in [0.05, 0.1) is 17.5 Å². The van der Waals surface area contributed by atoms with Gasteiger partial charge in [-0.15, -0.1) is 0 Å². The molecule has 0 saturated heterocycles. The van der Waals surface area contributed by atoms with Gasteiger partial charge in [0.2, 0.25) is 0 Å². The lowest BCUT2D eigenvalue weighted by molar-refractivity contribution is -0.121. The number of sulfone groups is 1. The van der Waals surface area contributed by atoms with Gasteiger partial charge in [-0.25, -0.2) is 17.6 Å². The molecule has 1 amide bonds. The Kier molecular flexibility index (Phi) is 10.8. The molecular formula is C18H25Cl2FN2O6S. The number of amides is 1. The third kappa shape index (κ3) is 9.03. The summed E-state index contributed by atoms with van der Waals surface area (Å²) in [6.45, 7) is -0.354. The minimum atomic E-state index is -3.46. The average molecular weight is 487 g/mol. The molecule has 0 unspecified atom stereocenters. The first-order chi connectivity index (χ1) is 14.0. The van der Waals surface area contributed by atoms with Gasteiger partial charge in [0.25, 0.3) is 5.91 Å². The minimum Gasteiger partial charge on any atom is -0.434 e. The lowest BCUT2D eigenvalue weighted by Gasteiger charge is -2.26. The van der Waals surface area contributed by atoms with Crippen molar-refractivity contribution in [3.8, 4) is 0 Å². The minimum absolute atomic E-state index is 0.0266. The summed E-state index contributed by atoms with van der Waals surface area (Å²) in [4.78, 5) is 24.4. The first kappa shape index (κ1) is 26.4. The van der Waals surface area contributed by atoms with E-state index in [0.717, 1.165) is 6.26 Å². The van der Waals surface area contributed by atoms with Crippen LogP contribution in [0.25, 0.3) is 0 Å². The summed E-state index contributed by atoms with van der Waals surface area (Å²) in [5.41, 5.74) is 0.247. The van der Waals surface area contributed by atoms with Gasteiger partial charge in [-0.2, -0.15) is 0 Å². The molecule has 1 rings (SSSR count). The smallest absolute Gasteiger partial charge is 0.434 e. The maximum atomic E-state index is 13.7. The third-order valence-electron chi connectivity index (χ3n) is 3.89. The number of benzene rings is 1. The molecule has 1 aromatic rings. The highest BCUT2D eigenvalue weighted by Gasteiger charge is 2.31. The van der Waals surface area contributed by atoms with E-state index in [0.29, 0.717) is 13.0 Å². The van der Waals surface area contributed by atoms with Crippen molar-refractivity contribution in [1.29, 1.82) is 0 Å². The summed E-state index contributed by atoms with van der Waals surface area (Å²) in [6.07, 6.45) is -0.778. The molecule has 0 saturated carbocycles. The van der Waals surface area contributed by atoms with Crippen molar-refractivity contribution in [2.45, 2.75) is 28.3 Å². The summed E-state index contributed by atoms with van der Waals surface area (Å²) in [7, 11) is 0.269. The highest BCUT2D eigenvalue weighted by atomic mass is 35.5. The quantitative estimate of drug-likeness (QED) is 0.291. The molecule has 1 aromatic carbocycles. The van der Waals surface area contributed by atoms with E-state index >= 15 is 0 Å².